The SMILES string of the molecule is COc1ccc(C(=O)N2CCN(c3ccccc3S(=O)(=O)C(F)(F)F)CC2)cc1OC. The number of hydrogen-bond acceptors (Lipinski definition) is 6. The van der Waals surface area contributed by atoms with Gasteiger partial charge in [0.05, 0.1) is 24.8 Å². The molecule has 0 radical (unpaired) electrons. The minimum Gasteiger partial charge on any atom is -0.493 e. The molecule has 1 fully saturated rings. The normalized spacial score (nSPS) is 15.0. The fourth-order valence-electron chi connectivity index (χ4n) is 3.37. The molecule has 1 saturated heterocycles. The Hall–Kier alpha value is -2.95. The van der Waals surface area contributed by atoms with Crippen LogP contribution in [-0.4, -0.2) is 65.1 Å². The smallest absolute Gasteiger partial charge is 0.493 e. The molecule has 0 atom stereocenters. The van der Waals surface area contributed by atoms with Gasteiger partial charge in [0.25, 0.3) is 15.7 Å². The van der Waals surface area contributed by atoms with Crippen molar-refractivity contribution in [3.63, 3.8) is 0 Å². The number of para-hydroxylation sites is 1. The third-order valence-corrected chi connectivity index (χ3v) is 6.53. The first-order valence-corrected chi connectivity index (χ1v) is 10.7. The number of carbonyl (C=O) groups excluding carboxylic acids is 1. The number of piperazine rings is 1. The first-order chi connectivity index (χ1) is 14.6. The third-order valence-electron chi connectivity index (χ3n) is 5.00. The molecule has 11 heteroatoms. The maximum atomic E-state index is 13.1. The molecule has 1 aliphatic heterocycles. The van der Waals surface area contributed by atoms with Gasteiger partial charge < -0.3 is 19.3 Å². The van der Waals surface area contributed by atoms with E-state index in [1.54, 1.807) is 23.1 Å². The predicted molar refractivity (Wildman–Crippen MR) is 107 cm³/mol. The van der Waals surface area contributed by atoms with Crippen molar-refractivity contribution in [2.75, 3.05) is 45.3 Å². The summed E-state index contributed by atoms with van der Waals surface area (Å²) in [6, 6.07) is 9.77. The van der Waals surface area contributed by atoms with Crippen LogP contribution < -0.4 is 14.4 Å². The fourth-order valence-corrected chi connectivity index (χ4v) is 4.35. The molecule has 0 spiro atoms. The molecule has 31 heavy (non-hydrogen) atoms. The number of sulfone groups is 1. The highest BCUT2D eigenvalue weighted by molar-refractivity contribution is 7.92. The van der Waals surface area contributed by atoms with Crippen LogP contribution in [0.15, 0.2) is 47.4 Å². The number of ether oxygens (including phenoxy) is 2. The summed E-state index contributed by atoms with van der Waals surface area (Å²) < 4.78 is 73.4. The van der Waals surface area contributed by atoms with E-state index in [1.165, 1.54) is 37.3 Å². The van der Waals surface area contributed by atoms with Gasteiger partial charge >= 0.3 is 5.51 Å². The van der Waals surface area contributed by atoms with Crippen molar-refractivity contribution in [3.8, 4) is 11.5 Å². The maximum absolute atomic E-state index is 13.1. The summed E-state index contributed by atoms with van der Waals surface area (Å²) in [6.45, 7) is 0.800. The standard InChI is InChI=1S/C20H21F3N2O5S/c1-29-16-8-7-14(13-17(16)30-2)19(26)25-11-9-24(10-12-25)15-5-3-4-6-18(15)31(27,28)20(21,22)23/h3-8,13H,9-12H2,1-2H3. The molecule has 1 amide bonds. The van der Waals surface area contributed by atoms with Crippen LogP contribution >= 0.6 is 0 Å². The lowest BCUT2D eigenvalue weighted by Gasteiger charge is -2.37. The summed E-state index contributed by atoms with van der Waals surface area (Å²) in [5.41, 5.74) is -5.04. The van der Waals surface area contributed by atoms with Crippen LogP contribution in [0.4, 0.5) is 18.9 Å². The van der Waals surface area contributed by atoms with Gasteiger partial charge in [-0.15, -0.1) is 0 Å². The van der Waals surface area contributed by atoms with E-state index in [2.05, 4.69) is 0 Å². The number of benzene rings is 2. The lowest BCUT2D eigenvalue weighted by molar-refractivity contribution is -0.0435. The van der Waals surface area contributed by atoms with Gasteiger partial charge in [-0.2, -0.15) is 13.2 Å². The number of nitrogens with zero attached hydrogens (tertiary/aromatic N) is 2. The summed E-state index contributed by atoms with van der Waals surface area (Å²) in [5.74, 6) is 0.612. The van der Waals surface area contributed by atoms with E-state index in [0.29, 0.717) is 17.1 Å². The van der Waals surface area contributed by atoms with Gasteiger partial charge in [-0.3, -0.25) is 4.79 Å². The van der Waals surface area contributed by atoms with Crippen molar-refractivity contribution in [1.82, 2.24) is 4.90 Å². The Labute approximate surface area is 177 Å². The Morgan fingerprint density at radius 2 is 1.55 bits per heavy atom. The van der Waals surface area contributed by atoms with Gasteiger partial charge in [0.15, 0.2) is 11.5 Å². The molecule has 0 unspecified atom stereocenters. The number of amides is 1. The number of carbonyl (C=O) groups is 1. The lowest BCUT2D eigenvalue weighted by atomic mass is 10.1. The largest absolute Gasteiger partial charge is 0.501 e. The Balaban J connectivity index is 1.77. The highest BCUT2D eigenvalue weighted by Gasteiger charge is 2.48. The summed E-state index contributed by atoms with van der Waals surface area (Å²) in [6.07, 6.45) is 0. The quantitative estimate of drug-likeness (QED) is 0.686. The fraction of sp³-hybridized carbons (Fsp3) is 0.350. The van der Waals surface area contributed by atoms with Crippen molar-refractivity contribution in [2.45, 2.75) is 10.4 Å². The van der Waals surface area contributed by atoms with Crippen molar-refractivity contribution >= 4 is 21.4 Å². The van der Waals surface area contributed by atoms with Crippen LogP contribution in [0.5, 0.6) is 11.5 Å². The average Bonchev–Trinajstić information content (AvgIpc) is 2.77. The van der Waals surface area contributed by atoms with Crippen molar-refractivity contribution in [1.29, 1.82) is 0 Å². The van der Waals surface area contributed by atoms with E-state index < -0.39 is 20.2 Å². The van der Waals surface area contributed by atoms with E-state index in [4.69, 9.17) is 9.47 Å². The second-order valence-electron chi connectivity index (χ2n) is 6.77. The molecule has 0 saturated carbocycles. The number of rotatable bonds is 5. The molecule has 168 valence electrons. The summed E-state index contributed by atoms with van der Waals surface area (Å²) >= 11 is 0. The van der Waals surface area contributed by atoms with Gasteiger partial charge in [0.2, 0.25) is 0 Å². The lowest BCUT2D eigenvalue weighted by Crippen LogP contribution is -2.49. The molecule has 0 N–H and O–H groups in total. The van der Waals surface area contributed by atoms with Gasteiger partial charge in [-0.05, 0) is 30.3 Å². The molecule has 1 aliphatic rings. The van der Waals surface area contributed by atoms with Crippen LogP contribution in [0.2, 0.25) is 0 Å². The van der Waals surface area contributed by atoms with Gasteiger partial charge in [0, 0.05) is 31.7 Å². The van der Waals surface area contributed by atoms with Crippen LogP contribution in [0, 0.1) is 0 Å². The van der Waals surface area contributed by atoms with E-state index in [-0.39, 0.29) is 37.8 Å². The van der Waals surface area contributed by atoms with Gasteiger partial charge in [-0.1, -0.05) is 12.1 Å². The van der Waals surface area contributed by atoms with E-state index in [0.717, 1.165) is 6.07 Å². The minimum absolute atomic E-state index is 0.0296. The molecular formula is C20H21F3N2O5S. The first-order valence-electron chi connectivity index (χ1n) is 9.26. The van der Waals surface area contributed by atoms with Crippen LogP contribution in [-0.2, 0) is 9.84 Å². The predicted octanol–water partition coefficient (Wildman–Crippen LogP) is 2.96. The molecule has 1 heterocycles. The minimum atomic E-state index is -5.49. The zero-order valence-corrected chi connectivity index (χ0v) is 17.7. The highest BCUT2D eigenvalue weighted by atomic mass is 32.2. The summed E-state index contributed by atoms with van der Waals surface area (Å²) in [5, 5.41) is 0. The Kier molecular flexibility index (Phi) is 6.35. The van der Waals surface area contributed by atoms with Crippen LogP contribution in [0.1, 0.15) is 10.4 Å². The molecule has 7 nitrogen and oxygen atoms in total. The topological polar surface area (TPSA) is 76.2 Å². The van der Waals surface area contributed by atoms with Crippen molar-refractivity contribution in [2.24, 2.45) is 0 Å². The Morgan fingerprint density at radius 3 is 2.13 bits per heavy atom. The van der Waals surface area contributed by atoms with Crippen LogP contribution in [0.3, 0.4) is 0 Å². The highest BCUT2D eigenvalue weighted by Crippen LogP contribution is 2.36. The zero-order valence-electron chi connectivity index (χ0n) is 16.8. The van der Waals surface area contributed by atoms with Crippen molar-refractivity contribution < 1.29 is 35.9 Å². The number of anilines is 1. The van der Waals surface area contributed by atoms with E-state index in [9.17, 15) is 26.4 Å². The number of alkyl halides is 3. The first kappa shape index (κ1) is 22.7. The molecule has 0 aliphatic carbocycles. The summed E-state index contributed by atoms with van der Waals surface area (Å²) in [7, 11) is -2.55. The molecule has 2 aromatic rings. The average molecular weight is 458 g/mol. The van der Waals surface area contributed by atoms with Gasteiger partial charge in [-0.25, -0.2) is 8.42 Å². The zero-order chi connectivity index (χ0) is 22.8. The Bertz CT molecular complexity index is 1060. The Morgan fingerprint density at radius 1 is 0.935 bits per heavy atom. The summed E-state index contributed by atoms with van der Waals surface area (Å²) in [4.78, 5) is 15.1. The van der Waals surface area contributed by atoms with Gasteiger partial charge in [0.1, 0.15) is 0 Å². The second kappa shape index (κ2) is 8.66. The molecule has 3 rings (SSSR count). The molecule has 2 aromatic carbocycles. The van der Waals surface area contributed by atoms with E-state index in [1.807, 2.05) is 0 Å². The number of halogens is 3. The molecule has 0 aromatic heterocycles. The number of hydrogen-bond donors (Lipinski definition) is 0. The maximum Gasteiger partial charge on any atom is 0.501 e. The third kappa shape index (κ3) is 4.41. The number of methoxy groups -OCH3 is 2. The monoisotopic (exact) mass is 458 g/mol. The van der Waals surface area contributed by atoms with E-state index >= 15 is 0 Å². The second-order valence-corrected chi connectivity index (χ2v) is 8.68. The molecular weight excluding hydrogens is 437 g/mol. The molecule has 0 bridgehead atoms. The van der Waals surface area contributed by atoms with Crippen LogP contribution in [0.25, 0.3) is 0 Å². The van der Waals surface area contributed by atoms with Crippen molar-refractivity contribution in [3.05, 3.63) is 48.0 Å².